The number of rotatable bonds is 3. The highest BCUT2D eigenvalue weighted by Crippen LogP contribution is 2.23. The molecule has 2 aromatic heterocycles. The first-order valence-corrected chi connectivity index (χ1v) is 7.14. The maximum Gasteiger partial charge on any atom is 0.226 e. The first kappa shape index (κ1) is 13.6. The number of carbonyl (C=O) groups is 1. The topological polar surface area (TPSA) is 90.0 Å². The lowest BCUT2D eigenvalue weighted by Gasteiger charge is -2.35. The molecule has 112 valence electrons. The summed E-state index contributed by atoms with van der Waals surface area (Å²) in [4.78, 5) is 31.7. The Morgan fingerprint density at radius 3 is 2.76 bits per heavy atom. The Bertz CT molecular complexity index is 645. The number of aromatic nitrogens is 4. The highest BCUT2D eigenvalue weighted by atomic mass is 16.2. The number of nitrogens with one attached hydrogen (secondary N) is 2. The quantitative estimate of drug-likeness (QED) is 0.853. The number of nitrogens with zero attached hydrogens (tertiary/aromatic N) is 5. The Labute approximate surface area is 122 Å². The summed E-state index contributed by atoms with van der Waals surface area (Å²) in [5, 5.41) is 3.13. The van der Waals surface area contributed by atoms with Crippen LogP contribution in [0.1, 0.15) is 13.8 Å². The lowest BCUT2D eigenvalue weighted by Crippen LogP contribution is -2.48. The van der Waals surface area contributed by atoms with E-state index in [4.69, 9.17) is 0 Å². The molecule has 0 spiro atoms. The molecule has 0 aromatic carbocycles. The van der Waals surface area contributed by atoms with Crippen LogP contribution in [-0.4, -0.2) is 63.5 Å². The molecule has 1 aliphatic heterocycles. The molecule has 0 atom stereocenters. The average Bonchev–Trinajstić information content (AvgIpc) is 2.95. The standard InChI is InChI=1S/C13H19N7O/c1-3-14-13-17-11-10(15-8-16-11)12(18-13)20-6-4-19(5-7-20)9(2)21/h8H,3-7H2,1-2H3,(H2,14,15,16,17,18). The summed E-state index contributed by atoms with van der Waals surface area (Å²) in [6.45, 7) is 7.32. The van der Waals surface area contributed by atoms with Gasteiger partial charge < -0.3 is 20.1 Å². The van der Waals surface area contributed by atoms with Gasteiger partial charge in [-0.2, -0.15) is 9.97 Å². The predicted molar refractivity (Wildman–Crippen MR) is 80.3 cm³/mol. The van der Waals surface area contributed by atoms with Crippen molar-refractivity contribution in [3.63, 3.8) is 0 Å². The van der Waals surface area contributed by atoms with Gasteiger partial charge in [-0.15, -0.1) is 0 Å². The van der Waals surface area contributed by atoms with Crippen LogP contribution in [0.3, 0.4) is 0 Å². The minimum atomic E-state index is 0.123. The molecule has 0 bridgehead atoms. The first-order chi connectivity index (χ1) is 10.2. The third-order valence-corrected chi connectivity index (χ3v) is 3.63. The Hall–Kier alpha value is -2.38. The fourth-order valence-corrected chi connectivity index (χ4v) is 2.52. The molecule has 0 aliphatic carbocycles. The van der Waals surface area contributed by atoms with Crippen molar-refractivity contribution in [3.05, 3.63) is 6.33 Å². The third kappa shape index (κ3) is 2.61. The summed E-state index contributed by atoms with van der Waals surface area (Å²) >= 11 is 0. The van der Waals surface area contributed by atoms with Gasteiger partial charge in [-0.25, -0.2) is 4.98 Å². The summed E-state index contributed by atoms with van der Waals surface area (Å²) in [6, 6.07) is 0. The van der Waals surface area contributed by atoms with E-state index in [1.165, 1.54) is 0 Å². The van der Waals surface area contributed by atoms with E-state index in [-0.39, 0.29) is 5.91 Å². The molecule has 0 saturated carbocycles. The molecule has 1 aliphatic rings. The SMILES string of the molecule is CCNc1nc(N2CCN(C(C)=O)CC2)c2[nH]cnc2n1. The van der Waals surface area contributed by atoms with Gasteiger partial charge in [0.2, 0.25) is 11.9 Å². The van der Waals surface area contributed by atoms with E-state index in [2.05, 4.69) is 30.2 Å². The summed E-state index contributed by atoms with van der Waals surface area (Å²) in [7, 11) is 0. The van der Waals surface area contributed by atoms with E-state index in [1.54, 1.807) is 13.3 Å². The minimum absolute atomic E-state index is 0.123. The van der Waals surface area contributed by atoms with Crippen LogP contribution < -0.4 is 10.2 Å². The monoisotopic (exact) mass is 289 g/mol. The van der Waals surface area contributed by atoms with Crippen LogP contribution in [0.2, 0.25) is 0 Å². The first-order valence-electron chi connectivity index (χ1n) is 7.14. The number of imidazole rings is 1. The lowest BCUT2D eigenvalue weighted by atomic mass is 10.3. The zero-order chi connectivity index (χ0) is 14.8. The van der Waals surface area contributed by atoms with Crippen molar-refractivity contribution in [3.8, 4) is 0 Å². The van der Waals surface area contributed by atoms with Crippen LogP contribution >= 0.6 is 0 Å². The highest BCUT2D eigenvalue weighted by Gasteiger charge is 2.22. The van der Waals surface area contributed by atoms with Gasteiger partial charge in [-0.1, -0.05) is 0 Å². The second-order valence-electron chi connectivity index (χ2n) is 5.00. The summed E-state index contributed by atoms with van der Waals surface area (Å²) < 4.78 is 0. The molecule has 8 heteroatoms. The molecule has 1 amide bonds. The van der Waals surface area contributed by atoms with Crippen molar-refractivity contribution in [1.29, 1.82) is 0 Å². The van der Waals surface area contributed by atoms with E-state index in [9.17, 15) is 4.79 Å². The minimum Gasteiger partial charge on any atom is -0.354 e. The van der Waals surface area contributed by atoms with Gasteiger partial charge >= 0.3 is 0 Å². The number of aromatic amines is 1. The van der Waals surface area contributed by atoms with E-state index in [0.717, 1.165) is 31.0 Å². The van der Waals surface area contributed by atoms with Gasteiger partial charge in [-0.3, -0.25) is 4.79 Å². The van der Waals surface area contributed by atoms with Gasteiger partial charge in [0.15, 0.2) is 11.5 Å². The maximum absolute atomic E-state index is 11.4. The maximum atomic E-state index is 11.4. The fraction of sp³-hybridized carbons (Fsp3) is 0.538. The number of carbonyl (C=O) groups excluding carboxylic acids is 1. The molecular weight excluding hydrogens is 270 g/mol. The lowest BCUT2D eigenvalue weighted by molar-refractivity contribution is -0.129. The molecule has 3 rings (SSSR count). The molecule has 0 unspecified atom stereocenters. The smallest absolute Gasteiger partial charge is 0.226 e. The number of anilines is 2. The summed E-state index contributed by atoms with van der Waals surface area (Å²) in [6.07, 6.45) is 1.63. The van der Waals surface area contributed by atoms with Crippen molar-refractivity contribution >= 4 is 28.8 Å². The van der Waals surface area contributed by atoms with Crippen molar-refractivity contribution < 1.29 is 4.79 Å². The second kappa shape index (κ2) is 5.55. The number of H-pyrrole nitrogens is 1. The number of piperazine rings is 1. The van der Waals surface area contributed by atoms with Crippen molar-refractivity contribution in [1.82, 2.24) is 24.8 Å². The van der Waals surface area contributed by atoms with Gasteiger partial charge in [0.05, 0.1) is 6.33 Å². The van der Waals surface area contributed by atoms with Crippen LogP contribution in [0.4, 0.5) is 11.8 Å². The Balaban J connectivity index is 1.89. The van der Waals surface area contributed by atoms with E-state index >= 15 is 0 Å². The normalized spacial score (nSPS) is 15.5. The molecule has 3 heterocycles. The molecule has 1 saturated heterocycles. The molecule has 8 nitrogen and oxygen atoms in total. The largest absolute Gasteiger partial charge is 0.354 e. The van der Waals surface area contributed by atoms with E-state index in [1.807, 2.05) is 11.8 Å². The zero-order valence-electron chi connectivity index (χ0n) is 12.3. The summed E-state index contributed by atoms with van der Waals surface area (Å²) in [5.74, 6) is 1.55. The van der Waals surface area contributed by atoms with Crippen molar-refractivity contribution in [2.45, 2.75) is 13.8 Å². The number of hydrogen-bond acceptors (Lipinski definition) is 6. The average molecular weight is 289 g/mol. The Kier molecular flexibility index (Phi) is 3.59. The van der Waals surface area contributed by atoms with Crippen molar-refractivity contribution in [2.75, 3.05) is 42.9 Å². The van der Waals surface area contributed by atoms with Gasteiger partial charge in [0.25, 0.3) is 0 Å². The Morgan fingerprint density at radius 2 is 2.10 bits per heavy atom. The van der Waals surface area contributed by atoms with E-state index in [0.29, 0.717) is 24.7 Å². The Morgan fingerprint density at radius 1 is 1.33 bits per heavy atom. The van der Waals surface area contributed by atoms with Gasteiger partial charge in [0.1, 0.15) is 5.52 Å². The molecular formula is C13H19N7O. The number of hydrogen-bond donors (Lipinski definition) is 2. The fourth-order valence-electron chi connectivity index (χ4n) is 2.52. The van der Waals surface area contributed by atoms with Gasteiger partial charge in [-0.05, 0) is 6.92 Å². The number of fused-ring (bicyclic) bond motifs is 1. The number of amides is 1. The predicted octanol–water partition coefficient (Wildman–Crippen LogP) is 0.453. The van der Waals surface area contributed by atoms with Crippen LogP contribution in [0.15, 0.2) is 6.33 Å². The highest BCUT2D eigenvalue weighted by molar-refractivity contribution is 5.84. The second-order valence-corrected chi connectivity index (χ2v) is 5.00. The third-order valence-electron chi connectivity index (χ3n) is 3.63. The molecule has 2 aromatic rings. The van der Waals surface area contributed by atoms with Crippen LogP contribution in [0.25, 0.3) is 11.2 Å². The van der Waals surface area contributed by atoms with E-state index < -0.39 is 0 Å². The molecule has 21 heavy (non-hydrogen) atoms. The molecule has 0 radical (unpaired) electrons. The van der Waals surface area contributed by atoms with Gasteiger partial charge in [0, 0.05) is 39.6 Å². The molecule has 1 fully saturated rings. The van der Waals surface area contributed by atoms with Crippen LogP contribution in [-0.2, 0) is 4.79 Å². The van der Waals surface area contributed by atoms with Crippen LogP contribution in [0.5, 0.6) is 0 Å². The summed E-state index contributed by atoms with van der Waals surface area (Å²) in [5.41, 5.74) is 1.50. The van der Waals surface area contributed by atoms with Crippen molar-refractivity contribution in [2.24, 2.45) is 0 Å². The molecule has 2 N–H and O–H groups in total. The zero-order valence-corrected chi connectivity index (χ0v) is 12.3. The van der Waals surface area contributed by atoms with Crippen LogP contribution in [0, 0.1) is 0 Å².